The Hall–Kier alpha value is -1.54. The molecule has 0 amide bonds. The van der Waals surface area contributed by atoms with Crippen LogP contribution in [-0.4, -0.2) is 15.6 Å². The summed E-state index contributed by atoms with van der Waals surface area (Å²) in [6.45, 7) is 0.274. The van der Waals surface area contributed by atoms with Gasteiger partial charge in [0.1, 0.15) is 11.4 Å². The monoisotopic (exact) mass is 300 g/mol. The van der Waals surface area contributed by atoms with Crippen molar-refractivity contribution in [2.24, 2.45) is 0 Å². The SMILES string of the molecule is CC(=O)Cn1nc(C(F)F)c2c1C(F)(F)CCC2(F)F. The number of hydrogen-bond acceptors (Lipinski definition) is 2. The summed E-state index contributed by atoms with van der Waals surface area (Å²) in [5, 5.41) is 3.11. The molecule has 1 heterocycles. The topological polar surface area (TPSA) is 34.9 Å². The largest absolute Gasteiger partial charge is 0.298 e. The number of fused-ring (bicyclic) bond motifs is 1. The highest BCUT2D eigenvalue weighted by atomic mass is 19.3. The second kappa shape index (κ2) is 4.49. The Bertz CT molecular complexity index is 551. The van der Waals surface area contributed by atoms with E-state index >= 15 is 0 Å². The predicted octanol–water partition coefficient (Wildman–Crippen LogP) is 3.39. The van der Waals surface area contributed by atoms with Crippen molar-refractivity contribution >= 4 is 5.78 Å². The molecule has 0 bridgehead atoms. The van der Waals surface area contributed by atoms with Crippen LogP contribution in [-0.2, 0) is 23.2 Å². The first-order valence-corrected chi connectivity index (χ1v) is 5.71. The molecule has 0 aliphatic heterocycles. The van der Waals surface area contributed by atoms with Gasteiger partial charge in [-0.3, -0.25) is 9.48 Å². The molecule has 1 aromatic rings. The summed E-state index contributed by atoms with van der Waals surface area (Å²) in [6.07, 6.45) is -5.84. The van der Waals surface area contributed by atoms with Crippen molar-refractivity contribution in [1.29, 1.82) is 0 Å². The summed E-state index contributed by atoms with van der Waals surface area (Å²) in [5.74, 6) is -8.18. The zero-order valence-corrected chi connectivity index (χ0v) is 10.3. The minimum absolute atomic E-state index is 0.270. The molecule has 0 atom stereocenters. The Balaban J connectivity index is 2.72. The van der Waals surface area contributed by atoms with E-state index < -0.39 is 60.4 Å². The van der Waals surface area contributed by atoms with Crippen LogP contribution in [0.3, 0.4) is 0 Å². The van der Waals surface area contributed by atoms with Crippen LogP contribution in [0.4, 0.5) is 26.3 Å². The van der Waals surface area contributed by atoms with Crippen molar-refractivity contribution in [2.75, 3.05) is 0 Å². The molecule has 0 spiro atoms. The third kappa shape index (κ3) is 2.29. The first kappa shape index (κ1) is 14.9. The third-order valence-corrected chi connectivity index (χ3v) is 3.02. The Morgan fingerprint density at radius 3 is 2.30 bits per heavy atom. The summed E-state index contributed by atoms with van der Waals surface area (Å²) in [6, 6.07) is 0. The van der Waals surface area contributed by atoms with E-state index in [1.807, 2.05) is 0 Å². The number of carbonyl (C=O) groups excluding carboxylic acids is 1. The van der Waals surface area contributed by atoms with Gasteiger partial charge in [-0.2, -0.15) is 13.9 Å². The molecule has 2 rings (SSSR count). The third-order valence-electron chi connectivity index (χ3n) is 3.02. The Morgan fingerprint density at radius 2 is 1.80 bits per heavy atom. The number of ketones is 1. The Kier molecular flexibility index (Phi) is 3.34. The minimum atomic E-state index is -3.81. The van der Waals surface area contributed by atoms with Crippen molar-refractivity contribution in [1.82, 2.24) is 9.78 Å². The van der Waals surface area contributed by atoms with Gasteiger partial charge in [-0.25, -0.2) is 17.6 Å². The Morgan fingerprint density at radius 1 is 1.25 bits per heavy atom. The standard InChI is InChI=1S/C11H10F6N2O/c1-5(20)4-19-8-6(7(18-19)9(12)13)10(14,15)2-3-11(8,16)17/h9H,2-4H2,1H3. The molecule has 0 saturated carbocycles. The van der Waals surface area contributed by atoms with Crippen molar-refractivity contribution in [2.45, 2.75) is 44.6 Å². The minimum Gasteiger partial charge on any atom is -0.298 e. The lowest BCUT2D eigenvalue weighted by atomic mass is 9.89. The molecule has 20 heavy (non-hydrogen) atoms. The molecule has 112 valence electrons. The average Bonchev–Trinajstić information content (AvgIpc) is 2.66. The highest BCUT2D eigenvalue weighted by Crippen LogP contribution is 2.52. The van der Waals surface area contributed by atoms with Gasteiger partial charge in [-0.15, -0.1) is 0 Å². The lowest BCUT2D eigenvalue weighted by Crippen LogP contribution is -2.33. The molecular formula is C11H10F6N2O. The quantitative estimate of drug-likeness (QED) is 0.802. The highest BCUT2D eigenvalue weighted by Gasteiger charge is 2.54. The maximum atomic E-state index is 13.8. The summed E-state index contributed by atoms with van der Waals surface area (Å²) >= 11 is 0. The molecule has 0 aromatic carbocycles. The molecule has 3 nitrogen and oxygen atoms in total. The summed E-state index contributed by atoms with van der Waals surface area (Å²) in [7, 11) is 0. The number of alkyl halides is 6. The van der Waals surface area contributed by atoms with Crippen molar-refractivity contribution < 1.29 is 31.1 Å². The highest BCUT2D eigenvalue weighted by molar-refractivity contribution is 5.75. The predicted molar refractivity (Wildman–Crippen MR) is 54.9 cm³/mol. The molecular weight excluding hydrogens is 290 g/mol. The van der Waals surface area contributed by atoms with E-state index in [1.165, 1.54) is 0 Å². The van der Waals surface area contributed by atoms with Gasteiger partial charge in [-0.05, 0) is 6.92 Å². The maximum Gasteiger partial charge on any atom is 0.290 e. The van der Waals surface area contributed by atoms with Crippen LogP contribution < -0.4 is 0 Å². The van der Waals surface area contributed by atoms with Gasteiger partial charge in [0.25, 0.3) is 18.3 Å². The van der Waals surface area contributed by atoms with Crippen LogP contribution in [0.2, 0.25) is 0 Å². The molecule has 0 saturated heterocycles. The van der Waals surface area contributed by atoms with Gasteiger partial charge >= 0.3 is 0 Å². The smallest absolute Gasteiger partial charge is 0.290 e. The lowest BCUT2D eigenvalue weighted by molar-refractivity contribution is -0.119. The molecule has 1 aromatic heterocycles. The number of Topliss-reactive ketones (excluding diaryl/α,β-unsaturated/α-hetero) is 1. The molecule has 1 aliphatic carbocycles. The lowest BCUT2D eigenvalue weighted by Gasteiger charge is -2.29. The van der Waals surface area contributed by atoms with Crippen LogP contribution >= 0.6 is 0 Å². The van der Waals surface area contributed by atoms with Crippen molar-refractivity contribution in [3.8, 4) is 0 Å². The van der Waals surface area contributed by atoms with Gasteiger partial charge in [0.15, 0.2) is 5.78 Å². The second-order valence-corrected chi connectivity index (χ2v) is 4.68. The average molecular weight is 300 g/mol. The van der Waals surface area contributed by atoms with Crippen molar-refractivity contribution in [3.05, 3.63) is 17.0 Å². The van der Waals surface area contributed by atoms with Crippen molar-refractivity contribution in [3.63, 3.8) is 0 Å². The van der Waals surface area contributed by atoms with Gasteiger partial charge in [-0.1, -0.05) is 0 Å². The Labute approximate surface area is 109 Å². The van der Waals surface area contributed by atoms with Gasteiger partial charge in [0.05, 0.1) is 12.1 Å². The zero-order valence-electron chi connectivity index (χ0n) is 10.3. The fourth-order valence-corrected chi connectivity index (χ4v) is 2.25. The number of hydrogen-bond donors (Lipinski definition) is 0. The van der Waals surface area contributed by atoms with Crippen LogP contribution in [0.1, 0.15) is 43.1 Å². The number of carbonyl (C=O) groups is 1. The molecule has 1 aliphatic rings. The number of halogens is 6. The van der Waals surface area contributed by atoms with E-state index in [2.05, 4.69) is 5.10 Å². The van der Waals surface area contributed by atoms with Crippen LogP contribution in [0.5, 0.6) is 0 Å². The first-order chi connectivity index (χ1) is 9.06. The molecule has 0 fully saturated rings. The molecule has 0 unspecified atom stereocenters. The number of aromatic nitrogens is 2. The van der Waals surface area contributed by atoms with Crippen LogP contribution in [0.25, 0.3) is 0 Å². The van der Waals surface area contributed by atoms with Crippen LogP contribution in [0, 0.1) is 0 Å². The van der Waals surface area contributed by atoms with E-state index in [9.17, 15) is 31.1 Å². The van der Waals surface area contributed by atoms with Crippen LogP contribution in [0.15, 0.2) is 0 Å². The molecule has 9 heteroatoms. The maximum absolute atomic E-state index is 13.8. The first-order valence-electron chi connectivity index (χ1n) is 5.71. The van der Waals surface area contributed by atoms with Gasteiger partial charge in [0.2, 0.25) is 0 Å². The fourth-order valence-electron chi connectivity index (χ4n) is 2.25. The molecule has 0 radical (unpaired) electrons. The van der Waals surface area contributed by atoms with E-state index in [0.717, 1.165) is 6.92 Å². The van der Waals surface area contributed by atoms with Gasteiger partial charge in [0, 0.05) is 12.8 Å². The van der Waals surface area contributed by atoms with E-state index in [-0.39, 0.29) is 4.68 Å². The zero-order chi connectivity index (χ0) is 15.3. The number of rotatable bonds is 3. The number of nitrogens with zero attached hydrogens (tertiary/aromatic N) is 2. The fraction of sp³-hybridized carbons (Fsp3) is 0.636. The summed E-state index contributed by atoms with van der Waals surface area (Å²) < 4.78 is 80.8. The summed E-state index contributed by atoms with van der Waals surface area (Å²) in [5.41, 5.74) is -4.10. The second-order valence-electron chi connectivity index (χ2n) is 4.68. The van der Waals surface area contributed by atoms with E-state index in [1.54, 1.807) is 0 Å². The molecule has 0 N–H and O–H groups in total. The van der Waals surface area contributed by atoms with E-state index in [0.29, 0.717) is 0 Å². The van der Waals surface area contributed by atoms with E-state index in [4.69, 9.17) is 0 Å². The normalized spacial score (nSPS) is 20.0. The van der Waals surface area contributed by atoms with Gasteiger partial charge < -0.3 is 0 Å². The summed E-state index contributed by atoms with van der Waals surface area (Å²) in [4.78, 5) is 11.0.